The maximum atomic E-state index is 10.4. The van der Waals surface area contributed by atoms with Gasteiger partial charge in [0.15, 0.2) is 23.0 Å². The molecule has 0 aliphatic carbocycles. The van der Waals surface area contributed by atoms with E-state index in [9.17, 15) is 10.2 Å². The number of ether oxygens (including phenoxy) is 2. The second kappa shape index (κ2) is 6.65. The minimum atomic E-state index is 0. The number of hydrogen-bond donors (Lipinski definition) is 2. The number of halogens is 1. The number of rotatable bonds is 2. The van der Waals surface area contributed by atoms with Crippen LogP contribution in [0.4, 0.5) is 0 Å². The monoisotopic (exact) mass is 363 g/mol. The lowest BCUT2D eigenvalue weighted by atomic mass is 9.83. The Morgan fingerprint density at radius 2 is 1.80 bits per heavy atom. The summed E-state index contributed by atoms with van der Waals surface area (Å²) in [4.78, 5) is 2.36. The second-order valence-corrected chi connectivity index (χ2v) is 6.42. The number of fused-ring (bicyclic) bond motifs is 4. The Kier molecular flexibility index (Phi) is 4.71. The number of hydrogen-bond acceptors (Lipinski definition) is 5. The number of nitrogens with zero attached hydrogens (tertiary/aromatic N) is 1. The zero-order valence-electron chi connectivity index (χ0n) is 14.3. The highest BCUT2D eigenvalue weighted by molar-refractivity contribution is 5.85. The first-order valence-electron chi connectivity index (χ1n) is 8.14. The number of aromatic hydroxyl groups is 2. The minimum absolute atomic E-state index is 0. The van der Waals surface area contributed by atoms with E-state index < -0.39 is 0 Å². The van der Waals surface area contributed by atoms with Crippen LogP contribution in [-0.2, 0) is 19.4 Å². The normalized spacial score (nSPS) is 18.4. The van der Waals surface area contributed by atoms with Crippen LogP contribution < -0.4 is 9.47 Å². The molecule has 2 N–H and O–H groups in total. The van der Waals surface area contributed by atoms with Gasteiger partial charge in [-0.15, -0.1) is 12.4 Å². The van der Waals surface area contributed by atoms with Gasteiger partial charge in [0.05, 0.1) is 14.2 Å². The lowest BCUT2D eigenvalue weighted by Gasteiger charge is -2.41. The van der Waals surface area contributed by atoms with Gasteiger partial charge < -0.3 is 19.7 Å². The standard InChI is InChI=1S/C19H21NO4.ClH/c1-23-17-4-3-11-7-15-13-9-16(21)18(24-2)8-12(13)5-6-20(15)10-14(11)19(17)22;/h3-4,8-9,15,21-22H,5-7,10H2,1-2H3;1H. The van der Waals surface area contributed by atoms with Crippen molar-refractivity contribution < 1.29 is 19.7 Å². The molecule has 1 atom stereocenters. The first-order chi connectivity index (χ1) is 11.6. The maximum absolute atomic E-state index is 10.4. The molecular weight excluding hydrogens is 342 g/mol. The third-order valence-corrected chi connectivity index (χ3v) is 5.25. The summed E-state index contributed by atoms with van der Waals surface area (Å²) in [6, 6.07) is 7.84. The predicted molar refractivity (Wildman–Crippen MR) is 97.1 cm³/mol. The highest BCUT2D eigenvalue weighted by Crippen LogP contribution is 2.45. The van der Waals surface area contributed by atoms with Gasteiger partial charge in [0.2, 0.25) is 0 Å². The van der Waals surface area contributed by atoms with Crippen molar-refractivity contribution in [1.29, 1.82) is 0 Å². The molecule has 0 fully saturated rings. The zero-order valence-corrected chi connectivity index (χ0v) is 15.1. The van der Waals surface area contributed by atoms with Crippen molar-refractivity contribution in [3.05, 3.63) is 46.5 Å². The Morgan fingerprint density at radius 1 is 1.04 bits per heavy atom. The first kappa shape index (κ1) is 17.7. The van der Waals surface area contributed by atoms with Crippen LogP contribution in [0.2, 0.25) is 0 Å². The van der Waals surface area contributed by atoms with E-state index in [1.807, 2.05) is 24.3 Å². The predicted octanol–water partition coefficient (Wildman–Crippen LogP) is 3.19. The van der Waals surface area contributed by atoms with E-state index in [0.29, 0.717) is 18.0 Å². The number of benzene rings is 2. The van der Waals surface area contributed by atoms with Crippen LogP contribution in [0.3, 0.4) is 0 Å². The molecule has 6 heteroatoms. The summed E-state index contributed by atoms with van der Waals surface area (Å²) in [5.41, 5.74) is 4.47. The molecule has 5 nitrogen and oxygen atoms in total. The molecule has 134 valence electrons. The van der Waals surface area contributed by atoms with Gasteiger partial charge >= 0.3 is 0 Å². The Morgan fingerprint density at radius 3 is 2.52 bits per heavy atom. The van der Waals surface area contributed by atoms with Gasteiger partial charge in [0.1, 0.15) is 0 Å². The SMILES string of the molecule is COc1cc2c(cc1O)C1Cc3ccc(OC)c(O)c3CN1CC2.Cl. The first-order valence-corrected chi connectivity index (χ1v) is 8.14. The molecule has 0 spiro atoms. The third kappa shape index (κ3) is 2.77. The highest BCUT2D eigenvalue weighted by atomic mass is 35.5. The van der Waals surface area contributed by atoms with Gasteiger partial charge in [0.25, 0.3) is 0 Å². The molecule has 0 amide bonds. The minimum Gasteiger partial charge on any atom is -0.504 e. The molecule has 2 aliphatic heterocycles. The lowest BCUT2D eigenvalue weighted by Crippen LogP contribution is -2.39. The fourth-order valence-electron chi connectivity index (χ4n) is 3.96. The quantitative estimate of drug-likeness (QED) is 0.858. The van der Waals surface area contributed by atoms with Crippen molar-refractivity contribution in [3.63, 3.8) is 0 Å². The van der Waals surface area contributed by atoms with Gasteiger partial charge in [-0.05, 0) is 47.7 Å². The highest BCUT2D eigenvalue weighted by Gasteiger charge is 2.34. The van der Waals surface area contributed by atoms with Crippen LogP contribution in [0.5, 0.6) is 23.0 Å². The van der Waals surface area contributed by atoms with E-state index in [1.165, 1.54) is 5.56 Å². The van der Waals surface area contributed by atoms with E-state index >= 15 is 0 Å². The molecule has 0 saturated heterocycles. The lowest BCUT2D eigenvalue weighted by molar-refractivity contribution is 0.157. The Labute approximate surface area is 153 Å². The maximum Gasteiger partial charge on any atom is 0.162 e. The molecule has 0 aromatic heterocycles. The van der Waals surface area contributed by atoms with Crippen molar-refractivity contribution in [3.8, 4) is 23.0 Å². The summed E-state index contributed by atoms with van der Waals surface area (Å²) in [6.07, 6.45) is 1.72. The average Bonchev–Trinajstić information content (AvgIpc) is 2.60. The van der Waals surface area contributed by atoms with E-state index in [2.05, 4.69) is 4.90 Å². The molecule has 0 bridgehead atoms. The molecular formula is C19H22ClNO4. The average molecular weight is 364 g/mol. The summed E-state index contributed by atoms with van der Waals surface area (Å²) in [6.45, 7) is 1.61. The van der Waals surface area contributed by atoms with Crippen molar-refractivity contribution in [2.75, 3.05) is 20.8 Å². The third-order valence-electron chi connectivity index (χ3n) is 5.25. The van der Waals surface area contributed by atoms with Crippen LogP contribution in [-0.4, -0.2) is 35.9 Å². The molecule has 0 saturated carbocycles. The topological polar surface area (TPSA) is 62.2 Å². The smallest absolute Gasteiger partial charge is 0.162 e. The molecule has 2 aromatic rings. The van der Waals surface area contributed by atoms with Crippen molar-refractivity contribution in [1.82, 2.24) is 4.90 Å². The van der Waals surface area contributed by atoms with Crippen molar-refractivity contribution in [2.24, 2.45) is 0 Å². The zero-order chi connectivity index (χ0) is 16.8. The Hall–Kier alpha value is -2.11. The summed E-state index contributed by atoms with van der Waals surface area (Å²) in [7, 11) is 3.14. The van der Waals surface area contributed by atoms with Crippen LogP contribution in [0.25, 0.3) is 0 Å². The molecule has 2 heterocycles. The molecule has 0 radical (unpaired) electrons. The van der Waals surface area contributed by atoms with Gasteiger partial charge in [-0.3, -0.25) is 4.90 Å². The summed E-state index contributed by atoms with van der Waals surface area (Å²) in [5, 5.41) is 20.6. The summed E-state index contributed by atoms with van der Waals surface area (Å²) >= 11 is 0. The number of methoxy groups -OCH3 is 2. The number of phenolic OH excluding ortho intramolecular Hbond substituents is 2. The van der Waals surface area contributed by atoms with E-state index in [0.717, 1.165) is 36.1 Å². The van der Waals surface area contributed by atoms with E-state index in [-0.39, 0.29) is 29.9 Å². The van der Waals surface area contributed by atoms with Gasteiger partial charge in [0, 0.05) is 24.7 Å². The number of phenols is 2. The van der Waals surface area contributed by atoms with Gasteiger partial charge in [-0.1, -0.05) is 6.07 Å². The second-order valence-electron chi connectivity index (χ2n) is 6.42. The van der Waals surface area contributed by atoms with Crippen LogP contribution >= 0.6 is 12.4 Å². The van der Waals surface area contributed by atoms with Crippen LogP contribution in [0.15, 0.2) is 24.3 Å². The summed E-state index contributed by atoms with van der Waals surface area (Å²) in [5.74, 6) is 1.48. The van der Waals surface area contributed by atoms with Crippen LogP contribution in [0.1, 0.15) is 28.3 Å². The van der Waals surface area contributed by atoms with Gasteiger partial charge in [-0.25, -0.2) is 0 Å². The van der Waals surface area contributed by atoms with Crippen molar-refractivity contribution in [2.45, 2.75) is 25.4 Å². The largest absolute Gasteiger partial charge is 0.504 e. The molecule has 25 heavy (non-hydrogen) atoms. The van der Waals surface area contributed by atoms with Crippen LogP contribution in [0, 0.1) is 0 Å². The van der Waals surface area contributed by atoms with Crippen molar-refractivity contribution >= 4 is 12.4 Å². The fraction of sp³-hybridized carbons (Fsp3) is 0.368. The van der Waals surface area contributed by atoms with E-state index in [4.69, 9.17) is 9.47 Å². The Balaban J connectivity index is 0.00000182. The van der Waals surface area contributed by atoms with Gasteiger partial charge in [-0.2, -0.15) is 0 Å². The molecule has 2 aliphatic rings. The molecule has 4 rings (SSSR count). The molecule has 2 aromatic carbocycles. The summed E-state index contributed by atoms with van der Waals surface area (Å²) < 4.78 is 10.5. The van der Waals surface area contributed by atoms with E-state index in [1.54, 1.807) is 14.2 Å². The molecule has 1 unspecified atom stereocenters. The Bertz CT molecular complexity index is 808. The fourth-order valence-corrected chi connectivity index (χ4v) is 3.96.